The number of nitrogens with zero attached hydrogens (tertiary/aromatic N) is 2. The van der Waals surface area contributed by atoms with Gasteiger partial charge in [-0.05, 0) is 46.7 Å². The predicted octanol–water partition coefficient (Wildman–Crippen LogP) is 5.09. The van der Waals surface area contributed by atoms with Crippen LogP contribution in [0, 0.1) is 0 Å². The number of hydrogen-bond donors (Lipinski definition) is 1. The van der Waals surface area contributed by atoms with Gasteiger partial charge in [-0.1, -0.05) is 67.2 Å². The van der Waals surface area contributed by atoms with Crippen LogP contribution in [0.15, 0.2) is 17.1 Å². The molecule has 3 heterocycles. The normalized spacial score (nSPS) is 26.4. The SMILES string of the molecule is CSC(=S)OC1[C@H]2O[Si](C(C)C)(C(C)C)O[Si](C(C)C)(C(C)C)OC[C@H]2O[C@H]1n1ccc(NC(C)=O)nc1=O. The lowest BCUT2D eigenvalue weighted by molar-refractivity contribution is -0.114. The van der Waals surface area contributed by atoms with Crippen LogP contribution in [0.4, 0.5) is 5.82 Å². The number of thiocarbonyl (C=S) groups is 1. The highest BCUT2D eigenvalue weighted by molar-refractivity contribution is 8.22. The van der Waals surface area contributed by atoms with Gasteiger partial charge in [0.2, 0.25) is 10.3 Å². The summed E-state index contributed by atoms with van der Waals surface area (Å²) in [4.78, 5) is 28.6. The Hall–Kier alpha value is -1.14. The van der Waals surface area contributed by atoms with E-state index >= 15 is 0 Å². The number of hydrogen-bond acceptors (Lipinski definition) is 10. The largest absolute Gasteiger partial charge is 0.468 e. The summed E-state index contributed by atoms with van der Waals surface area (Å²) in [6, 6.07) is 1.55. The maximum absolute atomic E-state index is 13.1. The number of carbonyl (C=O) groups is 1. The molecule has 2 fully saturated rings. The Bertz CT molecular complexity index is 1090. The highest BCUT2D eigenvalue weighted by Gasteiger charge is 2.62. The second-order valence-electron chi connectivity index (χ2n) is 11.3. The Morgan fingerprint density at radius 3 is 2.21 bits per heavy atom. The van der Waals surface area contributed by atoms with Gasteiger partial charge in [0, 0.05) is 13.1 Å². The van der Waals surface area contributed by atoms with Crippen molar-refractivity contribution < 1.29 is 27.2 Å². The van der Waals surface area contributed by atoms with Crippen molar-refractivity contribution in [2.24, 2.45) is 0 Å². The van der Waals surface area contributed by atoms with Crippen molar-refractivity contribution in [3.63, 3.8) is 0 Å². The van der Waals surface area contributed by atoms with Gasteiger partial charge >= 0.3 is 22.8 Å². The molecule has 1 aromatic rings. The van der Waals surface area contributed by atoms with Crippen LogP contribution in [0.3, 0.4) is 0 Å². The van der Waals surface area contributed by atoms with Gasteiger partial charge in [-0.3, -0.25) is 9.36 Å². The maximum Gasteiger partial charge on any atom is 0.351 e. The fraction of sp³-hybridized carbons (Fsp3) is 0.760. The molecular weight excluding hydrogens is 575 g/mol. The van der Waals surface area contributed by atoms with Gasteiger partial charge in [0.25, 0.3) is 0 Å². The van der Waals surface area contributed by atoms with E-state index in [2.05, 4.69) is 65.7 Å². The average molecular weight is 618 g/mol. The van der Waals surface area contributed by atoms with Gasteiger partial charge in [0.05, 0.1) is 6.61 Å². The molecule has 0 aromatic carbocycles. The van der Waals surface area contributed by atoms with Crippen LogP contribution in [0.2, 0.25) is 22.2 Å². The molecule has 0 spiro atoms. The highest BCUT2D eigenvalue weighted by Crippen LogP contribution is 2.48. The van der Waals surface area contributed by atoms with Gasteiger partial charge in [0.1, 0.15) is 18.0 Å². The van der Waals surface area contributed by atoms with E-state index in [1.54, 1.807) is 6.07 Å². The second kappa shape index (κ2) is 12.8. The minimum absolute atomic E-state index is 0.109. The third kappa shape index (κ3) is 6.53. The fourth-order valence-electron chi connectivity index (χ4n) is 5.49. The molecule has 10 nitrogen and oxygen atoms in total. The van der Waals surface area contributed by atoms with Crippen molar-refractivity contribution >= 4 is 57.2 Å². The number of fused-ring (bicyclic) bond motifs is 1. The molecule has 2 aliphatic rings. The Morgan fingerprint density at radius 1 is 1.13 bits per heavy atom. The molecule has 2 aliphatic heterocycles. The number of thioether (sulfide) groups is 1. The maximum atomic E-state index is 13.1. The van der Waals surface area contributed by atoms with Crippen LogP contribution in [-0.4, -0.2) is 68.1 Å². The summed E-state index contributed by atoms with van der Waals surface area (Å²) >= 11 is 6.74. The first-order chi connectivity index (χ1) is 18.2. The van der Waals surface area contributed by atoms with E-state index in [9.17, 15) is 9.59 Å². The van der Waals surface area contributed by atoms with E-state index in [0.717, 1.165) is 0 Å². The quantitative estimate of drug-likeness (QED) is 0.328. The Morgan fingerprint density at radius 2 is 1.72 bits per heavy atom. The molecule has 1 aromatic heterocycles. The molecule has 1 N–H and O–H groups in total. The van der Waals surface area contributed by atoms with Crippen LogP contribution in [0.1, 0.15) is 68.5 Å². The number of ether oxygens (including phenoxy) is 2. The predicted molar refractivity (Wildman–Crippen MR) is 162 cm³/mol. The molecule has 2 saturated heterocycles. The average Bonchev–Trinajstić information content (AvgIpc) is 3.13. The van der Waals surface area contributed by atoms with E-state index in [0.29, 0.717) is 4.38 Å². The number of carbonyl (C=O) groups excluding carboxylic acids is 1. The molecule has 14 heteroatoms. The van der Waals surface area contributed by atoms with Crippen molar-refractivity contribution in [2.75, 3.05) is 18.2 Å². The summed E-state index contributed by atoms with van der Waals surface area (Å²) in [5.41, 5.74) is -0.00635. The Labute approximate surface area is 243 Å². The van der Waals surface area contributed by atoms with Gasteiger partial charge in [-0.2, -0.15) is 4.98 Å². The van der Waals surface area contributed by atoms with Gasteiger partial charge in [0.15, 0.2) is 12.3 Å². The van der Waals surface area contributed by atoms with Gasteiger partial charge in [-0.15, -0.1) is 0 Å². The summed E-state index contributed by atoms with van der Waals surface area (Å²) in [6.07, 6.45) is 0.632. The lowest BCUT2D eigenvalue weighted by atomic mass is 10.1. The van der Waals surface area contributed by atoms with Crippen LogP contribution in [-0.2, 0) is 27.2 Å². The molecule has 0 saturated carbocycles. The molecule has 0 aliphatic carbocycles. The molecule has 1 unspecified atom stereocenters. The van der Waals surface area contributed by atoms with Gasteiger partial charge in [-0.25, -0.2) is 4.79 Å². The van der Waals surface area contributed by atoms with Crippen molar-refractivity contribution in [2.45, 2.75) is 109 Å². The molecular formula is C25H43N3O7S2Si2. The number of nitrogens with one attached hydrogen (secondary N) is 1. The molecule has 3 rings (SSSR count). The van der Waals surface area contributed by atoms with Crippen LogP contribution in [0.5, 0.6) is 0 Å². The van der Waals surface area contributed by atoms with Crippen LogP contribution < -0.4 is 11.0 Å². The summed E-state index contributed by atoms with van der Waals surface area (Å²) in [5.74, 6) is -0.160. The monoisotopic (exact) mass is 617 g/mol. The minimum Gasteiger partial charge on any atom is -0.468 e. The van der Waals surface area contributed by atoms with E-state index in [4.69, 9.17) is 34.7 Å². The number of rotatable bonds is 7. The van der Waals surface area contributed by atoms with Crippen LogP contribution in [0.25, 0.3) is 0 Å². The van der Waals surface area contributed by atoms with E-state index in [1.807, 2.05) is 6.26 Å². The summed E-state index contributed by atoms with van der Waals surface area (Å²) in [5, 5.41) is 2.54. The zero-order chi connectivity index (χ0) is 29.3. The zero-order valence-corrected chi connectivity index (χ0v) is 28.2. The summed E-state index contributed by atoms with van der Waals surface area (Å²) in [6.45, 7) is 18.8. The second-order valence-corrected chi connectivity index (χ2v) is 21.6. The van der Waals surface area contributed by atoms with Crippen molar-refractivity contribution in [3.05, 3.63) is 22.7 Å². The van der Waals surface area contributed by atoms with E-state index in [-0.39, 0.29) is 40.5 Å². The minimum atomic E-state index is -2.97. The van der Waals surface area contributed by atoms with E-state index in [1.165, 1.54) is 29.4 Å². The lowest BCUT2D eigenvalue weighted by Gasteiger charge is -2.51. The van der Waals surface area contributed by atoms with Crippen molar-refractivity contribution in [1.29, 1.82) is 0 Å². The number of aromatic nitrogens is 2. The summed E-state index contributed by atoms with van der Waals surface area (Å²) < 4.78 is 35.7. The molecule has 0 radical (unpaired) electrons. The standard InChI is InChI=1S/C25H43N3O7S2Si2/c1-14(2)38(15(3)4)31-13-19-21(34-39(35-38,16(5)6)17(7)8)22(33-25(36)37-10)23(32-19)28-12-11-20(26-18(9)29)27-24(28)30/h11-12,14-17,19,21-23H,13H2,1-10H3,(H,26,27,29,30)/t19-,21+,22?,23-/m1/s1. The Kier molecular flexibility index (Phi) is 10.6. The number of amides is 1. The lowest BCUT2D eigenvalue weighted by Crippen LogP contribution is -2.66. The van der Waals surface area contributed by atoms with Crippen LogP contribution >= 0.6 is 24.0 Å². The highest BCUT2D eigenvalue weighted by atomic mass is 32.2. The first-order valence-electron chi connectivity index (χ1n) is 13.5. The molecule has 220 valence electrons. The molecule has 4 atom stereocenters. The molecule has 39 heavy (non-hydrogen) atoms. The Balaban J connectivity index is 2.14. The first-order valence-corrected chi connectivity index (χ1v) is 19.0. The summed E-state index contributed by atoms with van der Waals surface area (Å²) in [7, 11) is -5.74. The number of anilines is 1. The van der Waals surface area contributed by atoms with Crippen molar-refractivity contribution in [3.8, 4) is 0 Å². The smallest absolute Gasteiger partial charge is 0.351 e. The molecule has 0 bridgehead atoms. The third-order valence-corrected chi connectivity index (χ3v) is 18.7. The first kappa shape index (κ1) is 32.4. The van der Waals surface area contributed by atoms with Crippen molar-refractivity contribution in [1.82, 2.24) is 9.55 Å². The zero-order valence-electron chi connectivity index (χ0n) is 24.5. The van der Waals surface area contributed by atoms with Gasteiger partial charge < -0.3 is 27.8 Å². The topological polar surface area (TPSA) is 110 Å². The third-order valence-electron chi connectivity index (χ3n) is 7.42. The fourth-order valence-corrected chi connectivity index (χ4v) is 17.0. The van der Waals surface area contributed by atoms with E-state index < -0.39 is 47.4 Å². The molecule has 1 amide bonds.